The Hall–Kier alpha value is -1.60. The zero-order chi connectivity index (χ0) is 19.5. The Labute approximate surface area is 163 Å². The summed E-state index contributed by atoms with van der Waals surface area (Å²) >= 11 is 12.1. The number of esters is 1. The van der Waals surface area contributed by atoms with E-state index in [2.05, 4.69) is 0 Å². The minimum atomic E-state index is -3.81. The molecule has 5 nitrogen and oxygen atoms in total. The fraction of sp³-hybridized carbons (Fsp3) is 0.278. The van der Waals surface area contributed by atoms with Crippen molar-refractivity contribution in [2.45, 2.75) is 25.7 Å². The minimum Gasteiger partial charge on any atom is -0.421 e. The summed E-state index contributed by atoms with van der Waals surface area (Å²) in [4.78, 5) is 12.3. The minimum absolute atomic E-state index is 0.0436. The highest BCUT2D eigenvalue weighted by atomic mass is 35.5. The molecule has 2 aromatic carbocycles. The Bertz CT molecular complexity index is 925. The first kappa shape index (κ1) is 20.7. The molecule has 0 spiro atoms. The number of rotatable bonds is 6. The van der Waals surface area contributed by atoms with Gasteiger partial charge in [0, 0.05) is 13.1 Å². The van der Waals surface area contributed by atoms with Gasteiger partial charge in [0.2, 0.25) is 10.0 Å². The highest BCUT2D eigenvalue weighted by molar-refractivity contribution is 7.89. The lowest BCUT2D eigenvalue weighted by Gasteiger charge is -2.19. The van der Waals surface area contributed by atoms with Crippen molar-refractivity contribution >= 4 is 39.2 Å². The fourth-order valence-electron chi connectivity index (χ4n) is 2.38. The van der Waals surface area contributed by atoms with Crippen LogP contribution in [0.2, 0.25) is 10.0 Å². The second kappa shape index (κ2) is 8.39. The molecule has 0 aromatic heterocycles. The summed E-state index contributed by atoms with van der Waals surface area (Å²) in [6.45, 7) is 5.88. The normalized spacial score (nSPS) is 11.6. The van der Waals surface area contributed by atoms with Crippen LogP contribution in [-0.4, -0.2) is 31.8 Å². The number of ether oxygens (including phenoxy) is 1. The molecular formula is C18H19Cl2NO4S. The molecule has 0 aliphatic carbocycles. The van der Waals surface area contributed by atoms with Gasteiger partial charge in [-0.15, -0.1) is 0 Å². The van der Waals surface area contributed by atoms with Gasteiger partial charge >= 0.3 is 5.97 Å². The summed E-state index contributed by atoms with van der Waals surface area (Å²) < 4.78 is 32.0. The van der Waals surface area contributed by atoms with Gasteiger partial charge in [-0.3, -0.25) is 0 Å². The van der Waals surface area contributed by atoms with Crippen molar-refractivity contribution < 1.29 is 17.9 Å². The van der Waals surface area contributed by atoms with Gasteiger partial charge in [-0.2, -0.15) is 4.31 Å². The van der Waals surface area contributed by atoms with E-state index in [9.17, 15) is 13.2 Å². The van der Waals surface area contributed by atoms with Crippen LogP contribution in [0.25, 0.3) is 0 Å². The van der Waals surface area contributed by atoms with Crippen LogP contribution in [0.1, 0.15) is 29.8 Å². The molecular weight excluding hydrogens is 397 g/mol. The number of carbonyl (C=O) groups excluding carboxylic acids is 1. The van der Waals surface area contributed by atoms with Gasteiger partial charge < -0.3 is 4.74 Å². The highest BCUT2D eigenvalue weighted by Crippen LogP contribution is 2.29. The SMILES string of the molecule is CCN(CC)S(=O)(=O)c1cc(C(=O)Oc2cc(C)ccc2Cl)ccc1Cl. The number of aryl methyl sites for hydroxylation is 1. The first-order chi connectivity index (χ1) is 12.2. The molecule has 8 heteroatoms. The smallest absolute Gasteiger partial charge is 0.343 e. The van der Waals surface area contributed by atoms with Gasteiger partial charge in [0.1, 0.15) is 10.6 Å². The molecule has 0 fully saturated rings. The molecule has 2 rings (SSSR count). The third-order valence-electron chi connectivity index (χ3n) is 3.78. The average molecular weight is 416 g/mol. The predicted molar refractivity (Wildman–Crippen MR) is 103 cm³/mol. The molecule has 0 atom stereocenters. The van der Waals surface area contributed by atoms with E-state index in [1.165, 1.54) is 22.5 Å². The van der Waals surface area contributed by atoms with Gasteiger partial charge in [-0.05, 0) is 42.8 Å². The predicted octanol–water partition coefficient (Wildman–Crippen LogP) is 4.55. The first-order valence-corrected chi connectivity index (χ1v) is 10.2. The van der Waals surface area contributed by atoms with Gasteiger partial charge in [-0.25, -0.2) is 13.2 Å². The summed E-state index contributed by atoms with van der Waals surface area (Å²) in [6, 6.07) is 9.04. The monoisotopic (exact) mass is 415 g/mol. The van der Waals surface area contributed by atoms with Crippen molar-refractivity contribution in [3.8, 4) is 5.75 Å². The molecule has 0 N–H and O–H groups in total. The Kier molecular flexibility index (Phi) is 6.69. The van der Waals surface area contributed by atoms with Crippen LogP contribution in [-0.2, 0) is 10.0 Å². The van der Waals surface area contributed by atoms with E-state index in [1.54, 1.807) is 32.0 Å². The third kappa shape index (κ3) is 4.38. The molecule has 0 saturated carbocycles. The standard InChI is InChI=1S/C18H19Cl2NO4S/c1-4-21(5-2)26(23,24)17-11-13(7-9-15(17)20)18(22)25-16-10-12(3)6-8-14(16)19/h6-11H,4-5H2,1-3H3. The van der Waals surface area contributed by atoms with Crippen LogP contribution in [0.5, 0.6) is 5.75 Å². The number of nitrogens with zero attached hydrogens (tertiary/aromatic N) is 1. The molecule has 0 bridgehead atoms. The molecule has 0 radical (unpaired) electrons. The molecule has 0 aliphatic rings. The maximum atomic E-state index is 12.7. The molecule has 0 saturated heterocycles. The van der Waals surface area contributed by atoms with Gasteiger partial charge in [0.05, 0.1) is 15.6 Å². The summed E-state index contributed by atoms with van der Waals surface area (Å²) in [5.74, 6) is -0.509. The van der Waals surface area contributed by atoms with Crippen LogP contribution in [0.3, 0.4) is 0 Å². The Morgan fingerprint density at radius 1 is 1.04 bits per heavy atom. The van der Waals surface area contributed by atoms with E-state index in [4.69, 9.17) is 27.9 Å². The number of hydrogen-bond acceptors (Lipinski definition) is 4. The Balaban J connectivity index is 2.40. The maximum absolute atomic E-state index is 12.7. The number of sulfonamides is 1. The zero-order valence-electron chi connectivity index (χ0n) is 14.6. The summed E-state index contributed by atoms with van der Waals surface area (Å²) in [6.07, 6.45) is 0. The number of benzene rings is 2. The van der Waals surface area contributed by atoms with Gasteiger partial charge in [0.25, 0.3) is 0 Å². The lowest BCUT2D eigenvalue weighted by Crippen LogP contribution is -2.31. The second-order valence-electron chi connectivity index (χ2n) is 5.56. The van der Waals surface area contributed by atoms with E-state index in [1.807, 2.05) is 6.92 Å². The Morgan fingerprint density at radius 2 is 1.65 bits per heavy atom. The molecule has 0 heterocycles. The largest absolute Gasteiger partial charge is 0.421 e. The maximum Gasteiger partial charge on any atom is 0.343 e. The lowest BCUT2D eigenvalue weighted by molar-refractivity contribution is 0.0734. The second-order valence-corrected chi connectivity index (χ2v) is 8.28. The van der Waals surface area contributed by atoms with Crippen LogP contribution in [0, 0.1) is 6.92 Å². The topological polar surface area (TPSA) is 63.7 Å². The lowest BCUT2D eigenvalue weighted by atomic mass is 10.2. The number of halogens is 2. The van der Waals surface area contributed by atoms with E-state index in [0.717, 1.165) is 5.56 Å². The molecule has 0 amide bonds. The molecule has 2 aromatic rings. The van der Waals surface area contributed by atoms with Crippen molar-refractivity contribution in [2.24, 2.45) is 0 Å². The fourth-order valence-corrected chi connectivity index (χ4v) is 4.49. The van der Waals surface area contributed by atoms with Crippen molar-refractivity contribution in [2.75, 3.05) is 13.1 Å². The quantitative estimate of drug-likeness (QED) is 0.512. The van der Waals surface area contributed by atoms with E-state index in [-0.39, 0.29) is 26.3 Å². The van der Waals surface area contributed by atoms with Crippen molar-refractivity contribution in [1.82, 2.24) is 4.31 Å². The van der Waals surface area contributed by atoms with Crippen LogP contribution < -0.4 is 4.74 Å². The number of carbonyl (C=O) groups is 1. The summed E-state index contributed by atoms with van der Waals surface area (Å²) in [5.41, 5.74) is 0.941. The Morgan fingerprint density at radius 3 is 2.27 bits per heavy atom. The molecule has 0 aliphatic heterocycles. The summed E-state index contributed by atoms with van der Waals surface area (Å²) in [7, 11) is -3.81. The van der Waals surface area contributed by atoms with E-state index >= 15 is 0 Å². The van der Waals surface area contributed by atoms with E-state index in [0.29, 0.717) is 13.1 Å². The number of hydrogen-bond donors (Lipinski definition) is 0. The molecule has 26 heavy (non-hydrogen) atoms. The molecule has 0 unspecified atom stereocenters. The first-order valence-electron chi connectivity index (χ1n) is 7.98. The van der Waals surface area contributed by atoms with Gasteiger partial charge in [-0.1, -0.05) is 43.1 Å². The van der Waals surface area contributed by atoms with Crippen molar-refractivity contribution in [1.29, 1.82) is 0 Å². The van der Waals surface area contributed by atoms with E-state index < -0.39 is 16.0 Å². The third-order valence-corrected chi connectivity index (χ3v) is 6.62. The van der Waals surface area contributed by atoms with Crippen molar-refractivity contribution in [3.63, 3.8) is 0 Å². The zero-order valence-corrected chi connectivity index (χ0v) is 17.0. The highest BCUT2D eigenvalue weighted by Gasteiger charge is 2.26. The van der Waals surface area contributed by atoms with Gasteiger partial charge in [0.15, 0.2) is 0 Å². The van der Waals surface area contributed by atoms with Crippen LogP contribution >= 0.6 is 23.2 Å². The van der Waals surface area contributed by atoms with Crippen LogP contribution in [0.4, 0.5) is 0 Å². The summed E-state index contributed by atoms with van der Waals surface area (Å²) in [5, 5.41) is 0.330. The van der Waals surface area contributed by atoms with Crippen LogP contribution in [0.15, 0.2) is 41.3 Å². The van der Waals surface area contributed by atoms with Crippen molar-refractivity contribution in [3.05, 3.63) is 57.6 Å². The molecule has 140 valence electrons. The average Bonchev–Trinajstić information content (AvgIpc) is 2.59.